The van der Waals surface area contributed by atoms with Crippen molar-refractivity contribution >= 4 is 17.5 Å². The van der Waals surface area contributed by atoms with Gasteiger partial charge in [-0.2, -0.15) is 0 Å². The maximum Gasteiger partial charge on any atom is 0.254 e. The number of aromatic nitrogens is 1. The normalized spacial score (nSPS) is 23.6. The first-order chi connectivity index (χ1) is 8.22. The van der Waals surface area contributed by atoms with E-state index in [4.69, 9.17) is 11.6 Å². The molecule has 17 heavy (non-hydrogen) atoms. The van der Waals surface area contributed by atoms with Gasteiger partial charge in [0.1, 0.15) is 0 Å². The highest BCUT2D eigenvalue weighted by molar-refractivity contribution is 6.18. The Bertz CT molecular complexity index is 413. The highest BCUT2D eigenvalue weighted by atomic mass is 35.5. The quantitative estimate of drug-likeness (QED) is 0.844. The molecule has 2 atom stereocenters. The van der Waals surface area contributed by atoms with Gasteiger partial charge < -0.3 is 5.32 Å². The molecule has 1 heterocycles. The Hall–Kier alpha value is -1.16. The molecule has 3 nitrogen and oxygen atoms in total. The number of hydrogen-bond donors (Lipinski definition) is 1. The van der Waals surface area contributed by atoms with Crippen LogP contribution in [0.4, 0.5) is 4.39 Å². The zero-order valence-corrected chi connectivity index (χ0v) is 10.1. The van der Waals surface area contributed by atoms with Crippen LogP contribution in [0.5, 0.6) is 0 Å². The topological polar surface area (TPSA) is 42.0 Å². The maximum atomic E-state index is 13.3. The summed E-state index contributed by atoms with van der Waals surface area (Å²) in [6.45, 7) is 0. The van der Waals surface area contributed by atoms with E-state index in [0.29, 0.717) is 11.8 Å². The summed E-state index contributed by atoms with van der Waals surface area (Å²) < 4.78 is 13.3. The second-order valence-electron chi connectivity index (χ2n) is 4.28. The van der Waals surface area contributed by atoms with Gasteiger partial charge >= 0.3 is 0 Å². The Balaban J connectivity index is 2.04. The number of hydrogen-bond acceptors (Lipinski definition) is 2. The summed E-state index contributed by atoms with van der Waals surface area (Å²) in [5, 5.41) is 2.85. The Morgan fingerprint density at radius 2 is 2.41 bits per heavy atom. The largest absolute Gasteiger partial charge is 0.349 e. The number of nitrogens with one attached hydrogen (secondary N) is 1. The number of carbonyl (C=O) groups is 1. The Labute approximate surface area is 104 Å². The monoisotopic (exact) mass is 256 g/mol. The van der Waals surface area contributed by atoms with Crippen LogP contribution in [0.2, 0.25) is 0 Å². The third kappa shape index (κ3) is 2.75. The standard InChI is InChI=1S/C12H14ClFN2O/c13-6-8-2-1-3-11(8)16-12(17)9-4-5-15-7-10(9)14/h4-5,7-8,11H,1-3,6H2,(H,16,17). The van der Waals surface area contributed by atoms with Crippen LogP contribution in [0.3, 0.4) is 0 Å². The van der Waals surface area contributed by atoms with Crippen LogP contribution < -0.4 is 5.32 Å². The Morgan fingerprint density at radius 1 is 1.59 bits per heavy atom. The summed E-state index contributed by atoms with van der Waals surface area (Å²) in [5.41, 5.74) is 0.0419. The Morgan fingerprint density at radius 3 is 3.12 bits per heavy atom. The van der Waals surface area contributed by atoms with Crippen molar-refractivity contribution in [2.24, 2.45) is 5.92 Å². The van der Waals surface area contributed by atoms with E-state index < -0.39 is 5.82 Å². The van der Waals surface area contributed by atoms with Crippen molar-refractivity contribution in [3.63, 3.8) is 0 Å². The van der Waals surface area contributed by atoms with Gasteiger partial charge in [0.25, 0.3) is 5.91 Å². The lowest BCUT2D eigenvalue weighted by Crippen LogP contribution is -2.38. The maximum absolute atomic E-state index is 13.3. The van der Waals surface area contributed by atoms with Crippen LogP contribution in [0.1, 0.15) is 29.6 Å². The Kier molecular flexibility index (Phi) is 3.94. The van der Waals surface area contributed by atoms with Gasteiger partial charge in [-0.05, 0) is 24.8 Å². The van der Waals surface area contributed by atoms with E-state index in [1.54, 1.807) is 0 Å². The number of nitrogens with zero attached hydrogens (tertiary/aromatic N) is 1. The van der Waals surface area contributed by atoms with Crippen molar-refractivity contribution in [3.05, 3.63) is 29.8 Å². The summed E-state index contributed by atoms with van der Waals surface area (Å²) in [6, 6.07) is 1.45. The lowest BCUT2D eigenvalue weighted by Gasteiger charge is -2.18. The zero-order valence-electron chi connectivity index (χ0n) is 9.33. The molecular weight excluding hydrogens is 243 g/mol. The molecule has 0 saturated heterocycles. The first-order valence-electron chi connectivity index (χ1n) is 5.68. The molecule has 1 amide bonds. The van der Waals surface area contributed by atoms with E-state index in [9.17, 15) is 9.18 Å². The molecule has 1 aromatic rings. The molecule has 1 aliphatic carbocycles. The van der Waals surface area contributed by atoms with Crippen LogP contribution in [0.15, 0.2) is 18.5 Å². The second-order valence-corrected chi connectivity index (χ2v) is 4.59. The predicted molar refractivity (Wildman–Crippen MR) is 63.5 cm³/mol. The lowest BCUT2D eigenvalue weighted by atomic mass is 10.1. The molecule has 1 fully saturated rings. The van der Waals surface area contributed by atoms with Gasteiger partial charge in [-0.25, -0.2) is 4.39 Å². The molecule has 2 unspecified atom stereocenters. The smallest absolute Gasteiger partial charge is 0.254 e. The minimum absolute atomic E-state index is 0.0419. The van der Waals surface area contributed by atoms with Gasteiger partial charge in [-0.3, -0.25) is 9.78 Å². The highest BCUT2D eigenvalue weighted by Crippen LogP contribution is 2.26. The number of rotatable bonds is 3. The summed E-state index contributed by atoms with van der Waals surface area (Å²) in [4.78, 5) is 15.5. The van der Waals surface area contributed by atoms with Gasteiger partial charge in [0.15, 0.2) is 5.82 Å². The average molecular weight is 257 g/mol. The third-order valence-corrected chi connectivity index (χ3v) is 3.59. The first kappa shape index (κ1) is 12.3. The van der Waals surface area contributed by atoms with Gasteiger partial charge in [0, 0.05) is 18.1 Å². The minimum atomic E-state index is -0.592. The van der Waals surface area contributed by atoms with E-state index in [-0.39, 0.29) is 17.5 Å². The molecule has 2 rings (SSSR count). The highest BCUT2D eigenvalue weighted by Gasteiger charge is 2.28. The fraction of sp³-hybridized carbons (Fsp3) is 0.500. The van der Waals surface area contributed by atoms with Gasteiger partial charge in [-0.1, -0.05) is 6.42 Å². The molecular formula is C12H14ClFN2O. The molecule has 0 bridgehead atoms. The second kappa shape index (κ2) is 5.45. The number of carbonyl (C=O) groups excluding carboxylic acids is 1. The minimum Gasteiger partial charge on any atom is -0.349 e. The SMILES string of the molecule is O=C(NC1CCCC1CCl)c1ccncc1F. The number of amides is 1. The van der Waals surface area contributed by atoms with Crippen LogP contribution in [-0.4, -0.2) is 22.8 Å². The molecule has 1 N–H and O–H groups in total. The van der Waals surface area contributed by atoms with Gasteiger partial charge in [0.2, 0.25) is 0 Å². The van der Waals surface area contributed by atoms with Crippen molar-refractivity contribution in [1.29, 1.82) is 0 Å². The molecule has 0 radical (unpaired) electrons. The van der Waals surface area contributed by atoms with Crippen molar-refractivity contribution in [1.82, 2.24) is 10.3 Å². The summed E-state index contributed by atoms with van der Waals surface area (Å²) in [7, 11) is 0. The van der Waals surface area contributed by atoms with E-state index in [1.165, 1.54) is 12.3 Å². The molecule has 1 saturated carbocycles. The molecule has 0 aromatic carbocycles. The van der Waals surface area contributed by atoms with Crippen LogP contribution in [0.25, 0.3) is 0 Å². The van der Waals surface area contributed by atoms with E-state index >= 15 is 0 Å². The number of pyridine rings is 1. The predicted octanol–water partition coefficient (Wildman–Crippen LogP) is 2.36. The fourth-order valence-corrected chi connectivity index (χ4v) is 2.59. The van der Waals surface area contributed by atoms with Crippen molar-refractivity contribution < 1.29 is 9.18 Å². The van der Waals surface area contributed by atoms with E-state index in [0.717, 1.165) is 25.5 Å². The molecule has 0 spiro atoms. The van der Waals surface area contributed by atoms with Crippen molar-refractivity contribution in [2.75, 3.05) is 5.88 Å². The summed E-state index contributed by atoms with van der Waals surface area (Å²) >= 11 is 5.83. The van der Waals surface area contributed by atoms with Crippen LogP contribution in [0, 0.1) is 11.7 Å². The number of halogens is 2. The molecule has 0 aliphatic heterocycles. The zero-order chi connectivity index (χ0) is 12.3. The van der Waals surface area contributed by atoms with E-state index in [2.05, 4.69) is 10.3 Å². The van der Waals surface area contributed by atoms with Gasteiger partial charge in [-0.15, -0.1) is 11.6 Å². The van der Waals surface area contributed by atoms with Crippen molar-refractivity contribution in [3.8, 4) is 0 Å². The van der Waals surface area contributed by atoms with E-state index in [1.807, 2.05) is 0 Å². The molecule has 1 aromatic heterocycles. The molecule has 92 valence electrons. The van der Waals surface area contributed by atoms with Crippen LogP contribution >= 0.6 is 11.6 Å². The van der Waals surface area contributed by atoms with Crippen molar-refractivity contribution in [2.45, 2.75) is 25.3 Å². The fourth-order valence-electron chi connectivity index (χ4n) is 2.22. The summed E-state index contributed by atoms with van der Waals surface area (Å²) in [6.07, 6.45) is 5.44. The number of alkyl halides is 1. The summed E-state index contributed by atoms with van der Waals surface area (Å²) in [5.74, 6) is -0.146. The first-order valence-corrected chi connectivity index (χ1v) is 6.22. The third-order valence-electron chi connectivity index (χ3n) is 3.19. The molecule has 1 aliphatic rings. The lowest BCUT2D eigenvalue weighted by molar-refractivity contribution is 0.0926. The van der Waals surface area contributed by atoms with Crippen LogP contribution in [-0.2, 0) is 0 Å². The molecule has 5 heteroatoms. The van der Waals surface area contributed by atoms with Gasteiger partial charge in [0.05, 0.1) is 11.8 Å². The average Bonchev–Trinajstić information content (AvgIpc) is 2.76.